The maximum atomic E-state index is 12.1. The number of carbonyl (C=O) groups excluding carboxylic acids is 1. The minimum absolute atomic E-state index is 0.0492. The number of para-hydroxylation sites is 1. The lowest BCUT2D eigenvalue weighted by atomic mass is 10.1. The molecule has 1 aliphatic carbocycles. The standard InChI is InChI=1S/C12H15ClN2O/c1-15(7-8-5-6-8)12(16)9-3-2-4-10(13)11(9)14/h2-4,8H,5-7,14H2,1H3. The average Bonchev–Trinajstić information content (AvgIpc) is 3.05. The molecule has 0 saturated heterocycles. The molecule has 0 spiro atoms. The van der Waals surface area contributed by atoms with E-state index in [4.69, 9.17) is 17.3 Å². The molecule has 3 nitrogen and oxygen atoms in total. The molecule has 1 fully saturated rings. The Hall–Kier alpha value is -1.22. The molecule has 0 radical (unpaired) electrons. The number of nitrogens with zero attached hydrogens (tertiary/aromatic N) is 1. The van der Waals surface area contributed by atoms with E-state index in [-0.39, 0.29) is 5.91 Å². The van der Waals surface area contributed by atoms with Crippen molar-refractivity contribution in [1.82, 2.24) is 4.90 Å². The van der Waals surface area contributed by atoms with Crippen molar-refractivity contribution in [3.63, 3.8) is 0 Å². The Bertz CT molecular complexity index is 415. The molecule has 0 aliphatic heterocycles. The molecule has 0 unspecified atom stereocenters. The fourth-order valence-corrected chi connectivity index (χ4v) is 1.87. The van der Waals surface area contributed by atoms with Crippen LogP contribution < -0.4 is 5.73 Å². The van der Waals surface area contributed by atoms with Gasteiger partial charge in [-0.15, -0.1) is 0 Å². The summed E-state index contributed by atoms with van der Waals surface area (Å²) in [7, 11) is 1.81. The molecule has 1 aromatic carbocycles. The van der Waals surface area contributed by atoms with Crippen molar-refractivity contribution in [3.05, 3.63) is 28.8 Å². The summed E-state index contributed by atoms with van der Waals surface area (Å²) < 4.78 is 0. The number of benzene rings is 1. The summed E-state index contributed by atoms with van der Waals surface area (Å²) in [5, 5.41) is 0.436. The van der Waals surface area contributed by atoms with Gasteiger partial charge in [-0.3, -0.25) is 4.79 Å². The molecule has 1 aliphatic rings. The van der Waals surface area contributed by atoms with Crippen molar-refractivity contribution < 1.29 is 4.79 Å². The Morgan fingerprint density at radius 2 is 2.25 bits per heavy atom. The second kappa shape index (κ2) is 4.34. The summed E-state index contributed by atoms with van der Waals surface area (Å²) in [6.07, 6.45) is 2.45. The molecule has 1 saturated carbocycles. The SMILES string of the molecule is CN(CC1CC1)C(=O)c1cccc(Cl)c1N. The van der Waals surface area contributed by atoms with Crippen LogP contribution in [0.4, 0.5) is 5.69 Å². The van der Waals surface area contributed by atoms with Gasteiger partial charge in [0.25, 0.3) is 5.91 Å². The van der Waals surface area contributed by atoms with Crippen LogP contribution in [0.25, 0.3) is 0 Å². The average molecular weight is 239 g/mol. The van der Waals surface area contributed by atoms with E-state index < -0.39 is 0 Å². The summed E-state index contributed by atoms with van der Waals surface area (Å²) in [4.78, 5) is 13.8. The normalized spacial score (nSPS) is 14.9. The van der Waals surface area contributed by atoms with E-state index in [9.17, 15) is 4.79 Å². The fourth-order valence-electron chi connectivity index (χ4n) is 1.70. The molecule has 16 heavy (non-hydrogen) atoms. The highest BCUT2D eigenvalue weighted by Crippen LogP contribution is 2.30. The Morgan fingerprint density at radius 1 is 1.56 bits per heavy atom. The minimum Gasteiger partial charge on any atom is -0.397 e. The van der Waals surface area contributed by atoms with Crippen molar-refractivity contribution >= 4 is 23.2 Å². The van der Waals surface area contributed by atoms with Gasteiger partial charge in [-0.1, -0.05) is 17.7 Å². The van der Waals surface area contributed by atoms with Crippen LogP contribution >= 0.6 is 11.6 Å². The molecule has 2 N–H and O–H groups in total. The first kappa shape index (κ1) is 11.3. The maximum absolute atomic E-state index is 12.1. The van der Waals surface area contributed by atoms with E-state index in [0.29, 0.717) is 22.2 Å². The topological polar surface area (TPSA) is 46.3 Å². The number of carbonyl (C=O) groups is 1. The molecule has 0 bridgehead atoms. The molecule has 0 aromatic heterocycles. The zero-order valence-electron chi connectivity index (χ0n) is 9.24. The summed E-state index contributed by atoms with van der Waals surface area (Å²) in [5.74, 6) is 0.626. The van der Waals surface area contributed by atoms with Crippen LogP contribution in [0.3, 0.4) is 0 Å². The Balaban J connectivity index is 2.15. The second-order valence-electron chi connectivity index (χ2n) is 4.33. The molecule has 1 aromatic rings. The van der Waals surface area contributed by atoms with Crippen LogP contribution in [-0.4, -0.2) is 24.4 Å². The van der Waals surface area contributed by atoms with E-state index in [1.165, 1.54) is 12.8 Å². The van der Waals surface area contributed by atoms with Gasteiger partial charge in [0.05, 0.1) is 16.3 Å². The molecule has 0 heterocycles. The third kappa shape index (κ3) is 2.30. The van der Waals surface area contributed by atoms with E-state index >= 15 is 0 Å². The smallest absolute Gasteiger partial charge is 0.255 e. The number of hydrogen-bond acceptors (Lipinski definition) is 2. The van der Waals surface area contributed by atoms with Gasteiger partial charge in [0.15, 0.2) is 0 Å². The van der Waals surface area contributed by atoms with E-state index in [1.54, 1.807) is 30.1 Å². The predicted molar refractivity (Wildman–Crippen MR) is 65.5 cm³/mol. The molecule has 0 atom stereocenters. The van der Waals surface area contributed by atoms with E-state index in [2.05, 4.69) is 0 Å². The lowest BCUT2D eigenvalue weighted by molar-refractivity contribution is 0.0789. The molecule has 2 rings (SSSR count). The molecule has 4 heteroatoms. The lowest BCUT2D eigenvalue weighted by Crippen LogP contribution is -2.29. The van der Waals surface area contributed by atoms with Gasteiger partial charge in [-0.2, -0.15) is 0 Å². The second-order valence-corrected chi connectivity index (χ2v) is 4.74. The summed E-state index contributed by atoms with van der Waals surface area (Å²) in [6, 6.07) is 5.15. The summed E-state index contributed by atoms with van der Waals surface area (Å²) in [5.41, 5.74) is 6.66. The van der Waals surface area contributed by atoms with Crippen LogP contribution in [0.15, 0.2) is 18.2 Å². The number of nitrogen functional groups attached to an aromatic ring is 1. The zero-order valence-corrected chi connectivity index (χ0v) is 10.00. The number of rotatable bonds is 3. The van der Waals surface area contributed by atoms with Crippen LogP contribution in [0, 0.1) is 5.92 Å². The van der Waals surface area contributed by atoms with Gasteiger partial charge in [-0.25, -0.2) is 0 Å². The maximum Gasteiger partial charge on any atom is 0.255 e. The van der Waals surface area contributed by atoms with Crippen LogP contribution in [-0.2, 0) is 0 Å². The van der Waals surface area contributed by atoms with Gasteiger partial charge in [0.1, 0.15) is 0 Å². The van der Waals surface area contributed by atoms with Gasteiger partial charge in [-0.05, 0) is 30.9 Å². The van der Waals surface area contributed by atoms with Crippen LogP contribution in [0.2, 0.25) is 5.02 Å². The molecule has 1 amide bonds. The number of halogens is 1. The van der Waals surface area contributed by atoms with Gasteiger partial charge in [0, 0.05) is 13.6 Å². The Labute approximate surface area is 100 Å². The Kier molecular flexibility index (Phi) is 3.06. The highest BCUT2D eigenvalue weighted by Gasteiger charge is 2.26. The van der Waals surface area contributed by atoms with Crippen molar-refractivity contribution in [2.24, 2.45) is 5.92 Å². The van der Waals surface area contributed by atoms with E-state index in [0.717, 1.165) is 6.54 Å². The highest BCUT2D eigenvalue weighted by atomic mass is 35.5. The number of anilines is 1. The number of nitrogens with two attached hydrogens (primary N) is 1. The lowest BCUT2D eigenvalue weighted by Gasteiger charge is -2.18. The summed E-state index contributed by atoms with van der Waals surface area (Å²) >= 11 is 5.88. The largest absolute Gasteiger partial charge is 0.397 e. The van der Waals surface area contributed by atoms with Crippen LogP contribution in [0.1, 0.15) is 23.2 Å². The quantitative estimate of drug-likeness (QED) is 0.822. The first-order chi connectivity index (χ1) is 7.59. The summed E-state index contributed by atoms with van der Waals surface area (Å²) in [6.45, 7) is 0.810. The molecular formula is C12H15ClN2O. The number of amides is 1. The number of hydrogen-bond donors (Lipinski definition) is 1. The van der Waals surface area contributed by atoms with Gasteiger partial charge in [0.2, 0.25) is 0 Å². The zero-order chi connectivity index (χ0) is 11.7. The molecular weight excluding hydrogens is 224 g/mol. The van der Waals surface area contributed by atoms with Crippen molar-refractivity contribution in [2.45, 2.75) is 12.8 Å². The third-order valence-corrected chi connectivity index (χ3v) is 3.19. The fraction of sp³-hybridized carbons (Fsp3) is 0.417. The minimum atomic E-state index is -0.0492. The van der Waals surface area contributed by atoms with E-state index in [1.807, 2.05) is 0 Å². The van der Waals surface area contributed by atoms with Gasteiger partial charge >= 0.3 is 0 Å². The monoisotopic (exact) mass is 238 g/mol. The first-order valence-corrected chi connectivity index (χ1v) is 5.77. The van der Waals surface area contributed by atoms with Crippen LogP contribution in [0.5, 0.6) is 0 Å². The Morgan fingerprint density at radius 3 is 2.88 bits per heavy atom. The first-order valence-electron chi connectivity index (χ1n) is 5.39. The van der Waals surface area contributed by atoms with Crippen molar-refractivity contribution in [2.75, 3.05) is 19.3 Å². The predicted octanol–water partition coefficient (Wildman–Crippen LogP) is 2.40. The van der Waals surface area contributed by atoms with Crippen molar-refractivity contribution in [3.8, 4) is 0 Å². The molecule has 86 valence electrons. The highest BCUT2D eigenvalue weighted by molar-refractivity contribution is 6.33. The third-order valence-electron chi connectivity index (χ3n) is 2.86. The van der Waals surface area contributed by atoms with Crippen molar-refractivity contribution in [1.29, 1.82) is 0 Å². The van der Waals surface area contributed by atoms with Gasteiger partial charge < -0.3 is 10.6 Å².